The SMILES string of the molecule is CC(Cc1ccc2c(c1)Cc1ccccc1-2)C1=CC=CC1. The predicted octanol–water partition coefficient (Wildman–Crippen LogP) is 5.32. The lowest BCUT2D eigenvalue weighted by atomic mass is 9.91. The molecule has 0 heterocycles. The van der Waals surface area contributed by atoms with Crippen molar-refractivity contribution in [1.29, 1.82) is 0 Å². The minimum atomic E-state index is 0.641. The Morgan fingerprint density at radius 1 is 1.00 bits per heavy atom. The summed E-state index contributed by atoms with van der Waals surface area (Å²) in [6, 6.07) is 15.9. The largest absolute Gasteiger partial charge is 0.0805 e. The van der Waals surface area contributed by atoms with Gasteiger partial charge in [0.25, 0.3) is 0 Å². The second-order valence-electron chi connectivity index (χ2n) is 6.30. The van der Waals surface area contributed by atoms with Crippen LogP contribution in [0.4, 0.5) is 0 Å². The molecule has 0 fully saturated rings. The molecule has 4 rings (SSSR count). The van der Waals surface area contributed by atoms with Gasteiger partial charge in [0, 0.05) is 0 Å². The molecule has 104 valence electrons. The van der Waals surface area contributed by atoms with E-state index in [4.69, 9.17) is 0 Å². The molecule has 2 aromatic carbocycles. The first-order valence-electron chi connectivity index (χ1n) is 7.87. The van der Waals surface area contributed by atoms with Crippen LogP contribution in [0.3, 0.4) is 0 Å². The van der Waals surface area contributed by atoms with E-state index in [0.717, 1.165) is 19.3 Å². The number of rotatable bonds is 3. The van der Waals surface area contributed by atoms with E-state index in [1.165, 1.54) is 27.8 Å². The van der Waals surface area contributed by atoms with E-state index in [1.807, 2.05) is 0 Å². The molecule has 21 heavy (non-hydrogen) atoms. The average Bonchev–Trinajstić information content (AvgIpc) is 3.14. The first-order valence-corrected chi connectivity index (χ1v) is 7.87. The molecule has 0 nitrogen and oxygen atoms in total. The number of benzene rings is 2. The van der Waals surface area contributed by atoms with Gasteiger partial charge in [-0.25, -0.2) is 0 Å². The summed E-state index contributed by atoms with van der Waals surface area (Å²) in [5, 5.41) is 0. The molecular formula is C21H20. The van der Waals surface area contributed by atoms with Crippen LogP contribution in [0.5, 0.6) is 0 Å². The summed E-state index contributed by atoms with van der Waals surface area (Å²) in [5.74, 6) is 0.641. The van der Waals surface area contributed by atoms with Gasteiger partial charge in [0.05, 0.1) is 0 Å². The van der Waals surface area contributed by atoms with Gasteiger partial charge in [-0.1, -0.05) is 73.2 Å². The van der Waals surface area contributed by atoms with Crippen LogP contribution in [0, 0.1) is 5.92 Å². The molecule has 0 saturated heterocycles. The van der Waals surface area contributed by atoms with Crippen LogP contribution < -0.4 is 0 Å². The molecule has 1 unspecified atom stereocenters. The van der Waals surface area contributed by atoms with E-state index in [2.05, 4.69) is 67.6 Å². The highest BCUT2D eigenvalue weighted by molar-refractivity contribution is 5.76. The summed E-state index contributed by atoms with van der Waals surface area (Å²) in [4.78, 5) is 0. The van der Waals surface area contributed by atoms with Crippen molar-refractivity contribution < 1.29 is 0 Å². The molecule has 0 bridgehead atoms. The van der Waals surface area contributed by atoms with E-state index in [1.54, 1.807) is 5.57 Å². The van der Waals surface area contributed by atoms with Crippen molar-refractivity contribution >= 4 is 0 Å². The Morgan fingerprint density at radius 3 is 2.71 bits per heavy atom. The van der Waals surface area contributed by atoms with Crippen LogP contribution in [0.15, 0.2) is 66.3 Å². The maximum absolute atomic E-state index is 2.43. The van der Waals surface area contributed by atoms with Crippen molar-refractivity contribution in [1.82, 2.24) is 0 Å². The summed E-state index contributed by atoms with van der Waals surface area (Å²) in [6.45, 7) is 2.35. The first kappa shape index (κ1) is 12.6. The smallest absolute Gasteiger partial charge is 0.00134 e. The lowest BCUT2D eigenvalue weighted by Gasteiger charge is -2.14. The summed E-state index contributed by atoms with van der Waals surface area (Å²) < 4.78 is 0. The van der Waals surface area contributed by atoms with Gasteiger partial charge < -0.3 is 0 Å². The molecule has 0 amide bonds. The third-order valence-corrected chi connectivity index (χ3v) is 4.83. The lowest BCUT2D eigenvalue weighted by Crippen LogP contribution is -2.02. The monoisotopic (exact) mass is 272 g/mol. The first-order chi connectivity index (χ1) is 10.3. The van der Waals surface area contributed by atoms with Crippen molar-refractivity contribution in [3.05, 3.63) is 83.0 Å². The number of hydrogen-bond acceptors (Lipinski definition) is 0. The van der Waals surface area contributed by atoms with E-state index in [9.17, 15) is 0 Å². The average molecular weight is 272 g/mol. The maximum Gasteiger partial charge on any atom is -0.00134 e. The van der Waals surface area contributed by atoms with E-state index in [-0.39, 0.29) is 0 Å². The molecule has 2 aliphatic rings. The van der Waals surface area contributed by atoms with E-state index < -0.39 is 0 Å². The third-order valence-electron chi connectivity index (χ3n) is 4.83. The zero-order valence-corrected chi connectivity index (χ0v) is 12.5. The second kappa shape index (κ2) is 5.04. The van der Waals surface area contributed by atoms with Crippen LogP contribution >= 0.6 is 0 Å². The highest BCUT2D eigenvalue weighted by Gasteiger charge is 2.18. The number of allylic oxidation sites excluding steroid dienone is 4. The topological polar surface area (TPSA) is 0 Å². The van der Waals surface area contributed by atoms with Crippen LogP contribution in [-0.4, -0.2) is 0 Å². The summed E-state index contributed by atoms with van der Waals surface area (Å²) >= 11 is 0. The Labute approximate surface area is 126 Å². The molecular weight excluding hydrogens is 252 g/mol. The van der Waals surface area contributed by atoms with Crippen LogP contribution in [0.1, 0.15) is 30.0 Å². The van der Waals surface area contributed by atoms with E-state index in [0.29, 0.717) is 5.92 Å². The molecule has 0 saturated carbocycles. The summed E-state index contributed by atoms with van der Waals surface area (Å²) in [5.41, 5.74) is 8.87. The van der Waals surface area contributed by atoms with Gasteiger partial charge in [-0.15, -0.1) is 0 Å². The van der Waals surface area contributed by atoms with Gasteiger partial charge >= 0.3 is 0 Å². The zero-order chi connectivity index (χ0) is 14.2. The molecule has 0 aromatic heterocycles. The Morgan fingerprint density at radius 2 is 1.86 bits per heavy atom. The molecule has 0 aliphatic heterocycles. The minimum Gasteiger partial charge on any atom is -0.0805 e. The van der Waals surface area contributed by atoms with Gasteiger partial charge in [0.2, 0.25) is 0 Å². The van der Waals surface area contributed by atoms with Crippen LogP contribution in [0.2, 0.25) is 0 Å². The highest BCUT2D eigenvalue weighted by Crippen LogP contribution is 2.37. The fourth-order valence-electron chi connectivity index (χ4n) is 3.64. The van der Waals surface area contributed by atoms with Crippen molar-refractivity contribution in [3.8, 4) is 11.1 Å². The Hall–Kier alpha value is -2.08. The van der Waals surface area contributed by atoms with Gasteiger partial charge in [-0.3, -0.25) is 0 Å². The van der Waals surface area contributed by atoms with Gasteiger partial charge in [0.1, 0.15) is 0 Å². The van der Waals surface area contributed by atoms with Crippen molar-refractivity contribution in [2.45, 2.75) is 26.2 Å². The van der Waals surface area contributed by atoms with Crippen molar-refractivity contribution in [2.75, 3.05) is 0 Å². The standard InChI is InChI=1S/C21H20/c1-15(17-6-2-3-7-17)12-16-10-11-21-19(13-16)14-18-8-4-5-9-20(18)21/h2-6,8-11,13,15H,7,12,14H2,1H3. The summed E-state index contributed by atoms with van der Waals surface area (Å²) in [6.07, 6.45) is 10.1. The van der Waals surface area contributed by atoms with Crippen molar-refractivity contribution in [3.63, 3.8) is 0 Å². The molecule has 2 aliphatic carbocycles. The van der Waals surface area contributed by atoms with Crippen LogP contribution in [-0.2, 0) is 12.8 Å². The number of hydrogen-bond donors (Lipinski definition) is 0. The Kier molecular flexibility index (Phi) is 3.03. The Bertz CT molecular complexity index is 746. The third kappa shape index (κ3) is 2.25. The fourth-order valence-corrected chi connectivity index (χ4v) is 3.64. The molecule has 0 N–H and O–H groups in total. The second-order valence-corrected chi connectivity index (χ2v) is 6.30. The normalized spacial score (nSPS) is 16.5. The Balaban J connectivity index is 1.59. The van der Waals surface area contributed by atoms with Gasteiger partial charge in [-0.05, 0) is 53.0 Å². The van der Waals surface area contributed by atoms with Crippen LogP contribution in [0.25, 0.3) is 11.1 Å². The minimum absolute atomic E-state index is 0.641. The van der Waals surface area contributed by atoms with Gasteiger partial charge in [-0.2, -0.15) is 0 Å². The lowest BCUT2D eigenvalue weighted by molar-refractivity contribution is 0.666. The predicted molar refractivity (Wildman–Crippen MR) is 89.4 cm³/mol. The zero-order valence-electron chi connectivity index (χ0n) is 12.5. The maximum atomic E-state index is 2.43. The quantitative estimate of drug-likeness (QED) is 0.605. The van der Waals surface area contributed by atoms with Crippen molar-refractivity contribution in [2.24, 2.45) is 5.92 Å². The molecule has 0 radical (unpaired) electrons. The van der Waals surface area contributed by atoms with E-state index >= 15 is 0 Å². The molecule has 0 spiro atoms. The number of fused-ring (bicyclic) bond motifs is 3. The van der Waals surface area contributed by atoms with Gasteiger partial charge in [0.15, 0.2) is 0 Å². The highest BCUT2D eigenvalue weighted by atomic mass is 14.2. The fraction of sp³-hybridized carbons (Fsp3) is 0.238. The molecule has 1 atom stereocenters. The molecule has 2 aromatic rings. The molecule has 0 heteroatoms. The summed E-state index contributed by atoms with van der Waals surface area (Å²) in [7, 11) is 0.